The Hall–Kier alpha value is -3.00. The number of rotatable bonds is 2. The number of nitrogens with zero attached hydrogens (tertiary/aromatic N) is 3. The summed E-state index contributed by atoms with van der Waals surface area (Å²) in [6.45, 7) is 0. The normalized spacial score (nSPS) is 14.7. The van der Waals surface area contributed by atoms with E-state index in [9.17, 15) is 10.1 Å². The first-order valence-electron chi connectivity index (χ1n) is 4.47. The van der Waals surface area contributed by atoms with Gasteiger partial charge in [0.15, 0.2) is 11.9 Å². The van der Waals surface area contributed by atoms with Crippen LogP contribution < -0.4 is 10.6 Å². The van der Waals surface area contributed by atoms with Crippen molar-refractivity contribution in [3.05, 3.63) is 39.4 Å². The zero-order chi connectivity index (χ0) is 12.4. The fourth-order valence-electron chi connectivity index (χ4n) is 1.38. The predicted octanol–water partition coefficient (Wildman–Crippen LogP) is 0.638. The highest BCUT2D eigenvalue weighted by Gasteiger charge is 2.27. The number of furan rings is 1. The van der Waals surface area contributed by atoms with Gasteiger partial charge in [-0.2, -0.15) is 10.5 Å². The van der Waals surface area contributed by atoms with E-state index in [1.165, 1.54) is 12.1 Å². The topological polar surface area (TPSA) is 128 Å². The second-order valence-corrected chi connectivity index (χ2v) is 3.13. The monoisotopic (exact) mass is 231 g/mol. The van der Waals surface area contributed by atoms with Crippen LogP contribution in [-0.4, -0.2) is 4.92 Å². The van der Waals surface area contributed by atoms with Gasteiger partial charge in [0.25, 0.3) is 0 Å². The van der Waals surface area contributed by atoms with Crippen LogP contribution in [0, 0.1) is 32.8 Å². The van der Waals surface area contributed by atoms with Crippen LogP contribution in [0.15, 0.2) is 27.9 Å². The molecular weight excluding hydrogens is 226 g/mol. The first-order valence-corrected chi connectivity index (χ1v) is 4.47. The minimum Gasteiger partial charge on any atom is -0.402 e. The number of hydrogen-bond acceptors (Lipinski definition) is 7. The molecule has 0 radical (unpaired) electrons. The molecule has 2 heterocycles. The summed E-state index contributed by atoms with van der Waals surface area (Å²) in [6, 6.07) is 6.21. The summed E-state index contributed by atoms with van der Waals surface area (Å²) in [4.78, 5) is 9.76. The maximum absolute atomic E-state index is 10.4. The zero-order valence-corrected chi connectivity index (χ0v) is 8.30. The summed E-state index contributed by atoms with van der Waals surface area (Å²) in [5.41, 5.74) is 0.160. The van der Waals surface area contributed by atoms with Crippen LogP contribution in [0.2, 0.25) is 0 Å². The van der Waals surface area contributed by atoms with Gasteiger partial charge in [0.05, 0.1) is 6.07 Å². The molecule has 1 aromatic heterocycles. The van der Waals surface area contributed by atoms with E-state index in [0.717, 1.165) is 0 Å². The molecule has 0 saturated heterocycles. The van der Waals surface area contributed by atoms with E-state index in [1.807, 2.05) is 0 Å². The van der Waals surface area contributed by atoms with Gasteiger partial charge in [0.1, 0.15) is 28.5 Å². The molecule has 1 aliphatic heterocycles. The third-order valence-electron chi connectivity index (χ3n) is 2.13. The van der Waals surface area contributed by atoms with Crippen molar-refractivity contribution < 1.29 is 9.34 Å². The van der Waals surface area contributed by atoms with E-state index in [4.69, 9.17) is 14.9 Å². The molecule has 17 heavy (non-hydrogen) atoms. The Kier molecular flexibility index (Phi) is 2.39. The number of nitrogens with one attached hydrogen (secondary N) is 2. The molecule has 0 amide bonds. The molecule has 8 nitrogen and oxygen atoms in total. The minimum absolute atomic E-state index is 0.0801. The SMILES string of the molecule is N#CC1=C(C#N)NC(c2ccc([N+](=O)[O-])o2)N1. The molecule has 2 N–H and O–H groups in total. The van der Waals surface area contributed by atoms with Crippen LogP contribution >= 0.6 is 0 Å². The molecule has 0 atom stereocenters. The summed E-state index contributed by atoms with van der Waals surface area (Å²) in [6.07, 6.45) is -0.645. The minimum atomic E-state index is -0.664. The van der Waals surface area contributed by atoms with Crippen molar-refractivity contribution in [2.45, 2.75) is 6.17 Å². The van der Waals surface area contributed by atoms with Crippen molar-refractivity contribution in [2.75, 3.05) is 0 Å². The van der Waals surface area contributed by atoms with Crippen molar-refractivity contribution in [2.24, 2.45) is 0 Å². The Labute approximate surface area is 94.9 Å². The van der Waals surface area contributed by atoms with E-state index < -0.39 is 17.0 Å². The highest BCUT2D eigenvalue weighted by atomic mass is 16.6. The lowest BCUT2D eigenvalue weighted by Gasteiger charge is -2.08. The molecule has 1 aromatic rings. The Morgan fingerprint density at radius 1 is 1.29 bits per heavy atom. The average Bonchev–Trinajstić information content (AvgIpc) is 2.94. The highest BCUT2D eigenvalue weighted by molar-refractivity contribution is 5.39. The standard InChI is InChI=1S/C9H5N5O3/c10-3-5-6(4-11)13-9(12-5)7-1-2-8(17-7)14(15)16/h1-2,9,12-13H. The summed E-state index contributed by atoms with van der Waals surface area (Å²) in [7, 11) is 0. The number of hydrogen-bond donors (Lipinski definition) is 2. The molecule has 0 unspecified atom stereocenters. The Morgan fingerprint density at radius 2 is 1.88 bits per heavy atom. The third-order valence-corrected chi connectivity index (χ3v) is 2.13. The molecule has 84 valence electrons. The quantitative estimate of drug-likeness (QED) is 0.564. The number of allylic oxidation sites excluding steroid dienone is 2. The maximum Gasteiger partial charge on any atom is 0.433 e. The van der Waals surface area contributed by atoms with Gasteiger partial charge in [0, 0.05) is 0 Å². The second kappa shape index (κ2) is 3.87. The fraction of sp³-hybridized carbons (Fsp3) is 0.111. The molecule has 2 rings (SSSR count). The molecule has 0 fully saturated rings. The smallest absolute Gasteiger partial charge is 0.402 e. The van der Waals surface area contributed by atoms with Gasteiger partial charge in [0.2, 0.25) is 0 Å². The Morgan fingerprint density at radius 3 is 2.29 bits per heavy atom. The van der Waals surface area contributed by atoms with Crippen LogP contribution in [0.4, 0.5) is 5.88 Å². The van der Waals surface area contributed by atoms with Crippen molar-refractivity contribution >= 4 is 5.88 Å². The second-order valence-electron chi connectivity index (χ2n) is 3.13. The van der Waals surface area contributed by atoms with Crippen molar-refractivity contribution in [1.82, 2.24) is 10.6 Å². The van der Waals surface area contributed by atoms with Crippen LogP contribution in [0.3, 0.4) is 0 Å². The highest BCUT2D eigenvalue weighted by Crippen LogP contribution is 2.24. The summed E-state index contributed by atoms with van der Waals surface area (Å²) in [5, 5.41) is 33.2. The van der Waals surface area contributed by atoms with Gasteiger partial charge >= 0.3 is 5.88 Å². The number of nitro groups is 1. The summed E-state index contributed by atoms with van der Waals surface area (Å²) in [5.74, 6) is -0.165. The van der Waals surface area contributed by atoms with Crippen LogP contribution in [0.25, 0.3) is 0 Å². The molecule has 0 saturated carbocycles. The van der Waals surface area contributed by atoms with Crippen molar-refractivity contribution in [3.63, 3.8) is 0 Å². The number of nitriles is 2. The Bertz CT molecular complexity index is 563. The van der Waals surface area contributed by atoms with E-state index in [-0.39, 0.29) is 17.2 Å². The molecule has 0 aromatic carbocycles. The van der Waals surface area contributed by atoms with E-state index in [2.05, 4.69) is 10.6 Å². The summed E-state index contributed by atoms with van der Waals surface area (Å²) < 4.78 is 4.95. The van der Waals surface area contributed by atoms with Gasteiger partial charge in [-0.25, -0.2) is 0 Å². The molecule has 0 spiro atoms. The van der Waals surface area contributed by atoms with Gasteiger partial charge in [-0.3, -0.25) is 10.1 Å². The van der Waals surface area contributed by atoms with Gasteiger partial charge in [-0.15, -0.1) is 0 Å². The van der Waals surface area contributed by atoms with Crippen molar-refractivity contribution in [1.29, 1.82) is 10.5 Å². The predicted molar refractivity (Wildman–Crippen MR) is 52.6 cm³/mol. The molecule has 8 heteroatoms. The van der Waals surface area contributed by atoms with Gasteiger partial charge < -0.3 is 15.1 Å². The van der Waals surface area contributed by atoms with E-state index in [0.29, 0.717) is 0 Å². The lowest BCUT2D eigenvalue weighted by atomic mass is 10.3. The molecular formula is C9H5N5O3. The van der Waals surface area contributed by atoms with Crippen LogP contribution in [0.5, 0.6) is 0 Å². The first kappa shape index (κ1) is 10.5. The van der Waals surface area contributed by atoms with E-state index in [1.54, 1.807) is 12.1 Å². The zero-order valence-electron chi connectivity index (χ0n) is 8.30. The van der Waals surface area contributed by atoms with E-state index >= 15 is 0 Å². The first-order chi connectivity index (χ1) is 8.15. The van der Waals surface area contributed by atoms with Gasteiger partial charge in [-0.1, -0.05) is 0 Å². The van der Waals surface area contributed by atoms with Gasteiger partial charge in [-0.05, 0) is 6.07 Å². The largest absolute Gasteiger partial charge is 0.433 e. The van der Waals surface area contributed by atoms with Crippen molar-refractivity contribution in [3.8, 4) is 12.1 Å². The molecule has 1 aliphatic rings. The third kappa shape index (κ3) is 1.75. The molecule has 0 bridgehead atoms. The van der Waals surface area contributed by atoms with Crippen LogP contribution in [-0.2, 0) is 0 Å². The maximum atomic E-state index is 10.4. The fourth-order valence-corrected chi connectivity index (χ4v) is 1.38. The lowest BCUT2D eigenvalue weighted by Crippen LogP contribution is -2.22. The Balaban J connectivity index is 2.21. The molecule has 0 aliphatic carbocycles. The summed E-state index contributed by atoms with van der Waals surface area (Å²) >= 11 is 0. The lowest BCUT2D eigenvalue weighted by molar-refractivity contribution is -0.402. The average molecular weight is 231 g/mol. The van der Waals surface area contributed by atoms with Crippen LogP contribution in [0.1, 0.15) is 11.9 Å².